The first-order chi connectivity index (χ1) is 3.79. The van der Waals surface area contributed by atoms with Crippen LogP contribution in [0.5, 0.6) is 0 Å². The van der Waals surface area contributed by atoms with Gasteiger partial charge in [0.15, 0.2) is 0 Å². The molecule has 0 radical (unpaired) electrons. The van der Waals surface area contributed by atoms with Crippen molar-refractivity contribution in [2.24, 2.45) is 17.1 Å². The largest absolute Gasteiger partial charge is 0.396 e. The van der Waals surface area contributed by atoms with Crippen LogP contribution in [-0.2, 0) is 0 Å². The maximum Gasteiger partial charge on any atom is 0.0465 e. The Hall–Kier alpha value is 0.210. The quantitative estimate of drug-likeness (QED) is 0.557. The summed E-state index contributed by atoms with van der Waals surface area (Å²) >= 11 is 0. The van der Waals surface area contributed by atoms with Gasteiger partial charge in [0.2, 0.25) is 0 Å². The summed E-state index contributed by atoms with van der Waals surface area (Å²) in [4.78, 5) is 0. The van der Waals surface area contributed by atoms with Crippen LogP contribution in [0.15, 0.2) is 0 Å². The van der Waals surface area contributed by atoms with E-state index in [1.54, 1.807) is 0 Å². The molecule has 2 aliphatic rings. The SMILES string of the molecule is Cl.NC1CC12CC2CO. The van der Waals surface area contributed by atoms with Crippen LogP contribution >= 0.6 is 12.4 Å². The van der Waals surface area contributed by atoms with Gasteiger partial charge < -0.3 is 10.8 Å². The van der Waals surface area contributed by atoms with Crippen LogP contribution in [0.1, 0.15) is 12.8 Å². The number of hydrogen-bond donors (Lipinski definition) is 2. The molecule has 2 aliphatic carbocycles. The lowest BCUT2D eigenvalue weighted by atomic mass is 10.3. The molecule has 3 heteroatoms. The molecule has 3 N–H and O–H groups in total. The zero-order valence-electron chi connectivity index (χ0n) is 5.21. The lowest BCUT2D eigenvalue weighted by Crippen LogP contribution is -2.04. The number of nitrogens with two attached hydrogens (primary N) is 1. The van der Waals surface area contributed by atoms with Gasteiger partial charge in [-0.05, 0) is 24.2 Å². The van der Waals surface area contributed by atoms with Gasteiger partial charge >= 0.3 is 0 Å². The molecule has 2 nitrogen and oxygen atoms in total. The molecule has 1 spiro atoms. The standard InChI is InChI=1S/C6H11NO.ClH/c7-5-2-6(5)1-4(6)3-8;/h4-5,8H,1-3,7H2;1H. The summed E-state index contributed by atoms with van der Waals surface area (Å²) in [7, 11) is 0. The van der Waals surface area contributed by atoms with E-state index in [2.05, 4.69) is 0 Å². The second kappa shape index (κ2) is 1.84. The average molecular weight is 150 g/mol. The highest BCUT2D eigenvalue weighted by molar-refractivity contribution is 5.85. The van der Waals surface area contributed by atoms with Crippen LogP contribution in [0.3, 0.4) is 0 Å². The Kier molecular flexibility index (Phi) is 1.50. The average Bonchev–Trinajstić information content (AvgIpc) is 2.55. The van der Waals surface area contributed by atoms with Crippen molar-refractivity contribution >= 4 is 12.4 Å². The Bertz CT molecular complexity index is 130. The third-order valence-corrected chi connectivity index (χ3v) is 2.68. The summed E-state index contributed by atoms with van der Waals surface area (Å²) in [5.41, 5.74) is 6.07. The highest BCUT2D eigenvalue weighted by Crippen LogP contribution is 2.69. The molecule has 2 saturated carbocycles. The van der Waals surface area contributed by atoms with E-state index in [0.29, 0.717) is 24.0 Å². The van der Waals surface area contributed by atoms with E-state index in [1.807, 2.05) is 0 Å². The molecule has 0 aromatic heterocycles. The summed E-state index contributed by atoms with van der Waals surface area (Å²) in [6.07, 6.45) is 2.35. The highest BCUT2D eigenvalue weighted by Gasteiger charge is 2.68. The van der Waals surface area contributed by atoms with Crippen LogP contribution in [0.2, 0.25) is 0 Å². The number of aliphatic hydroxyl groups is 1. The van der Waals surface area contributed by atoms with Crippen molar-refractivity contribution in [3.05, 3.63) is 0 Å². The van der Waals surface area contributed by atoms with E-state index < -0.39 is 0 Å². The van der Waals surface area contributed by atoms with E-state index in [4.69, 9.17) is 10.8 Å². The molecule has 0 aromatic carbocycles. The van der Waals surface area contributed by atoms with Crippen LogP contribution in [0, 0.1) is 11.3 Å². The molecule has 0 saturated heterocycles. The zero-order valence-corrected chi connectivity index (χ0v) is 6.03. The summed E-state index contributed by atoms with van der Waals surface area (Å²) in [5, 5.41) is 8.64. The predicted molar refractivity (Wildman–Crippen MR) is 37.5 cm³/mol. The lowest BCUT2D eigenvalue weighted by Gasteiger charge is -1.85. The smallest absolute Gasteiger partial charge is 0.0465 e. The van der Waals surface area contributed by atoms with Crippen LogP contribution in [0.4, 0.5) is 0 Å². The maximum atomic E-state index is 8.64. The van der Waals surface area contributed by atoms with Crippen LogP contribution in [0.25, 0.3) is 0 Å². The fourth-order valence-corrected chi connectivity index (χ4v) is 1.70. The Morgan fingerprint density at radius 3 is 2.22 bits per heavy atom. The van der Waals surface area contributed by atoms with E-state index in [-0.39, 0.29) is 12.4 Å². The van der Waals surface area contributed by atoms with Gasteiger partial charge in [-0.1, -0.05) is 0 Å². The van der Waals surface area contributed by atoms with Gasteiger partial charge in [0, 0.05) is 12.6 Å². The summed E-state index contributed by atoms with van der Waals surface area (Å²) < 4.78 is 0. The molecule has 2 rings (SSSR count). The van der Waals surface area contributed by atoms with Crippen molar-refractivity contribution in [1.82, 2.24) is 0 Å². The lowest BCUT2D eigenvalue weighted by molar-refractivity contribution is 0.266. The summed E-state index contributed by atoms with van der Waals surface area (Å²) in [6, 6.07) is 0.430. The second-order valence-electron chi connectivity index (χ2n) is 3.13. The molecule has 0 aliphatic heterocycles. The van der Waals surface area contributed by atoms with E-state index in [9.17, 15) is 0 Å². The van der Waals surface area contributed by atoms with Gasteiger partial charge in [-0.3, -0.25) is 0 Å². The van der Waals surface area contributed by atoms with Crippen molar-refractivity contribution in [1.29, 1.82) is 0 Å². The van der Waals surface area contributed by atoms with Crippen molar-refractivity contribution in [2.75, 3.05) is 6.61 Å². The minimum Gasteiger partial charge on any atom is -0.396 e. The monoisotopic (exact) mass is 149 g/mol. The summed E-state index contributed by atoms with van der Waals surface area (Å²) in [6.45, 7) is 0.355. The van der Waals surface area contributed by atoms with E-state index in [1.165, 1.54) is 6.42 Å². The van der Waals surface area contributed by atoms with Gasteiger partial charge in [0.05, 0.1) is 0 Å². The second-order valence-corrected chi connectivity index (χ2v) is 3.13. The first-order valence-corrected chi connectivity index (χ1v) is 3.16. The molecular weight excluding hydrogens is 138 g/mol. The highest BCUT2D eigenvalue weighted by atomic mass is 35.5. The minimum absolute atomic E-state index is 0. The molecule has 3 atom stereocenters. The van der Waals surface area contributed by atoms with Crippen molar-refractivity contribution in [3.63, 3.8) is 0 Å². The molecule has 54 valence electrons. The van der Waals surface area contributed by atoms with Gasteiger partial charge in [0.1, 0.15) is 0 Å². The van der Waals surface area contributed by atoms with Crippen LogP contribution in [-0.4, -0.2) is 17.8 Å². The molecule has 0 aromatic rings. The molecule has 0 amide bonds. The fraction of sp³-hybridized carbons (Fsp3) is 1.00. The topological polar surface area (TPSA) is 46.2 Å². The molecule has 0 heterocycles. The van der Waals surface area contributed by atoms with Crippen LogP contribution < -0.4 is 5.73 Å². The van der Waals surface area contributed by atoms with Crippen molar-refractivity contribution in [3.8, 4) is 0 Å². The maximum absolute atomic E-state index is 8.64. The van der Waals surface area contributed by atoms with E-state index >= 15 is 0 Å². The van der Waals surface area contributed by atoms with Crippen molar-refractivity contribution in [2.45, 2.75) is 18.9 Å². The Morgan fingerprint density at radius 2 is 2.11 bits per heavy atom. The van der Waals surface area contributed by atoms with Crippen molar-refractivity contribution < 1.29 is 5.11 Å². The molecule has 2 fully saturated rings. The summed E-state index contributed by atoms with van der Waals surface area (Å²) in [5.74, 6) is 0.567. The number of aliphatic hydroxyl groups excluding tert-OH is 1. The van der Waals surface area contributed by atoms with Gasteiger partial charge in [-0.15, -0.1) is 12.4 Å². The number of rotatable bonds is 1. The van der Waals surface area contributed by atoms with Gasteiger partial charge in [-0.25, -0.2) is 0 Å². The number of halogens is 1. The number of hydrogen-bond acceptors (Lipinski definition) is 2. The molecule has 9 heavy (non-hydrogen) atoms. The third-order valence-electron chi connectivity index (χ3n) is 2.68. The molecular formula is C6H12ClNO. The Balaban J connectivity index is 0.000000405. The predicted octanol–water partition coefficient (Wildman–Crippen LogP) is 0.138. The first kappa shape index (κ1) is 7.32. The molecule has 0 bridgehead atoms. The Morgan fingerprint density at radius 1 is 1.56 bits per heavy atom. The van der Waals surface area contributed by atoms with E-state index in [0.717, 1.165) is 6.42 Å². The fourth-order valence-electron chi connectivity index (χ4n) is 1.70. The van der Waals surface area contributed by atoms with Gasteiger partial charge in [0.25, 0.3) is 0 Å². The first-order valence-electron chi connectivity index (χ1n) is 3.16. The molecule has 3 unspecified atom stereocenters. The third kappa shape index (κ3) is 0.775. The normalized spacial score (nSPS) is 52.7. The van der Waals surface area contributed by atoms with Gasteiger partial charge in [-0.2, -0.15) is 0 Å². The Labute approximate surface area is 60.8 Å². The zero-order chi connectivity index (χ0) is 5.78. The minimum atomic E-state index is 0.